The van der Waals surface area contributed by atoms with Crippen molar-refractivity contribution in [2.75, 3.05) is 0 Å². The maximum absolute atomic E-state index is 12.0. The normalized spacial score (nSPS) is 13.3. The van der Waals surface area contributed by atoms with Crippen molar-refractivity contribution in [3.63, 3.8) is 0 Å². The molecule has 120 valence electrons. The maximum Gasteiger partial charge on any atom is 0.312 e. The molecule has 0 saturated carbocycles. The third-order valence-electron chi connectivity index (χ3n) is 3.67. The van der Waals surface area contributed by atoms with E-state index in [4.69, 9.17) is 14.9 Å². The Bertz CT molecular complexity index is 746. The summed E-state index contributed by atoms with van der Waals surface area (Å²) in [5.41, 5.74) is 0. The molecule has 0 bridgehead atoms. The first-order valence-electron chi connectivity index (χ1n) is 7.04. The first-order chi connectivity index (χ1) is 10.9. The lowest BCUT2D eigenvalue weighted by Crippen LogP contribution is -2.30. The molecule has 0 saturated heterocycles. The summed E-state index contributed by atoms with van der Waals surface area (Å²) in [4.78, 5) is 34.1. The molecule has 2 aromatic rings. The van der Waals surface area contributed by atoms with E-state index >= 15 is 0 Å². The van der Waals surface area contributed by atoms with Crippen LogP contribution in [0.25, 0.3) is 10.8 Å². The van der Waals surface area contributed by atoms with Gasteiger partial charge in [0.05, 0.1) is 18.3 Å². The highest BCUT2D eigenvalue weighted by Gasteiger charge is 2.32. The monoisotopic (exact) mass is 316 g/mol. The number of ether oxygens (including phenoxy) is 1. The molecule has 23 heavy (non-hydrogen) atoms. The number of hydrogen-bond donors (Lipinski definition) is 2. The average molecular weight is 316 g/mol. The van der Waals surface area contributed by atoms with E-state index in [9.17, 15) is 14.4 Å². The van der Waals surface area contributed by atoms with Gasteiger partial charge in [-0.3, -0.25) is 14.4 Å². The second-order valence-corrected chi connectivity index (χ2v) is 5.23. The minimum Gasteiger partial charge on any atom is -0.481 e. The molecule has 2 rings (SSSR count). The number of carbonyl (C=O) groups excluding carboxylic acids is 1. The number of carboxylic acid groups (broad SMARTS) is 2. The van der Waals surface area contributed by atoms with Gasteiger partial charge in [-0.25, -0.2) is 0 Å². The Kier molecular flexibility index (Phi) is 4.95. The van der Waals surface area contributed by atoms with Crippen molar-refractivity contribution in [2.45, 2.75) is 13.3 Å². The van der Waals surface area contributed by atoms with Crippen molar-refractivity contribution >= 4 is 28.7 Å². The fourth-order valence-electron chi connectivity index (χ4n) is 2.28. The van der Waals surface area contributed by atoms with Crippen LogP contribution in [0, 0.1) is 11.8 Å². The molecular weight excluding hydrogens is 300 g/mol. The topological polar surface area (TPSA) is 101 Å². The zero-order valence-electron chi connectivity index (χ0n) is 12.4. The molecule has 2 atom stereocenters. The fourth-order valence-corrected chi connectivity index (χ4v) is 2.28. The average Bonchev–Trinajstić information content (AvgIpc) is 2.52. The van der Waals surface area contributed by atoms with Crippen LogP contribution in [-0.2, 0) is 14.4 Å². The number of aliphatic carboxylic acids is 2. The lowest BCUT2D eigenvalue weighted by atomic mass is 9.91. The Morgan fingerprint density at radius 2 is 1.65 bits per heavy atom. The molecule has 0 spiro atoms. The van der Waals surface area contributed by atoms with Crippen molar-refractivity contribution in [1.82, 2.24) is 0 Å². The largest absolute Gasteiger partial charge is 0.481 e. The van der Waals surface area contributed by atoms with Crippen LogP contribution in [0.3, 0.4) is 0 Å². The van der Waals surface area contributed by atoms with Gasteiger partial charge in [-0.1, -0.05) is 43.3 Å². The lowest BCUT2D eigenvalue weighted by Gasteiger charge is -2.16. The molecule has 2 unspecified atom stereocenters. The molecule has 0 aliphatic heterocycles. The van der Waals surface area contributed by atoms with E-state index in [1.807, 2.05) is 18.2 Å². The first kappa shape index (κ1) is 16.5. The second-order valence-electron chi connectivity index (χ2n) is 5.23. The Hall–Kier alpha value is -2.89. The van der Waals surface area contributed by atoms with Gasteiger partial charge in [0.2, 0.25) is 0 Å². The molecule has 2 aromatic carbocycles. The third-order valence-corrected chi connectivity index (χ3v) is 3.67. The molecule has 0 aromatic heterocycles. The van der Waals surface area contributed by atoms with Gasteiger partial charge in [-0.2, -0.15) is 0 Å². The number of hydrogen-bond acceptors (Lipinski definition) is 4. The smallest absolute Gasteiger partial charge is 0.312 e. The Balaban J connectivity index is 2.17. The summed E-state index contributed by atoms with van der Waals surface area (Å²) in [6.45, 7) is 1.26. The Labute approximate surface area is 132 Å². The zero-order chi connectivity index (χ0) is 17.0. The highest BCUT2D eigenvalue weighted by atomic mass is 16.5. The minimum absolute atomic E-state index is 0.320. The van der Waals surface area contributed by atoms with Gasteiger partial charge in [0.15, 0.2) is 0 Å². The molecule has 6 nitrogen and oxygen atoms in total. The van der Waals surface area contributed by atoms with E-state index < -0.39 is 36.2 Å². The predicted molar refractivity (Wildman–Crippen MR) is 82.1 cm³/mol. The molecule has 0 radical (unpaired) electrons. The SMILES string of the molecule is CC(C(=O)O)C(CC(=O)Oc1cccc2ccccc12)C(=O)O. The molecular formula is C17H16O6. The van der Waals surface area contributed by atoms with E-state index in [1.165, 1.54) is 6.92 Å². The van der Waals surface area contributed by atoms with Crippen LogP contribution in [0.5, 0.6) is 5.75 Å². The third kappa shape index (κ3) is 3.85. The zero-order valence-corrected chi connectivity index (χ0v) is 12.4. The van der Waals surface area contributed by atoms with Gasteiger partial charge >= 0.3 is 17.9 Å². The summed E-state index contributed by atoms with van der Waals surface area (Å²) in [7, 11) is 0. The highest BCUT2D eigenvalue weighted by Crippen LogP contribution is 2.26. The van der Waals surface area contributed by atoms with Crippen LogP contribution in [0.1, 0.15) is 13.3 Å². The van der Waals surface area contributed by atoms with E-state index in [0.29, 0.717) is 5.75 Å². The predicted octanol–water partition coefficient (Wildman–Crippen LogP) is 2.56. The summed E-state index contributed by atoms with van der Waals surface area (Å²) < 4.78 is 5.24. The maximum atomic E-state index is 12.0. The molecule has 0 amide bonds. The number of rotatable bonds is 6. The fraction of sp³-hybridized carbons (Fsp3) is 0.235. The van der Waals surface area contributed by atoms with Crippen LogP contribution in [0.2, 0.25) is 0 Å². The highest BCUT2D eigenvalue weighted by molar-refractivity contribution is 5.91. The summed E-state index contributed by atoms with van der Waals surface area (Å²) in [6.07, 6.45) is -0.508. The quantitative estimate of drug-likeness (QED) is 0.627. The molecule has 0 aliphatic rings. The van der Waals surface area contributed by atoms with E-state index in [1.54, 1.807) is 24.3 Å². The first-order valence-corrected chi connectivity index (χ1v) is 7.04. The molecule has 0 heterocycles. The number of benzene rings is 2. The van der Waals surface area contributed by atoms with Crippen LogP contribution in [-0.4, -0.2) is 28.1 Å². The van der Waals surface area contributed by atoms with Crippen LogP contribution >= 0.6 is 0 Å². The molecule has 6 heteroatoms. The van der Waals surface area contributed by atoms with E-state index in [0.717, 1.165) is 10.8 Å². The van der Waals surface area contributed by atoms with Crippen LogP contribution < -0.4 is 4.74 Å². The molecule has 0 fully saturated rings. The van der Waals surface area contributed by atoms with Crippen molar-refractivity contribution in [3.8, 4) is 5.75 Å². The van der Waals surface area contributed by atoms with Crippen molar-refractivity contribution in [2.24, 2.45) is 11.8 Å². The molecule has 0 aliphatic carbocycles. The van der Waals surface area contributed by atoms with Crippen molar-refractivity contribution < 1.29 is 29.3 Å². The number of esters is 1. The lowest BCUT2D eigenvalue weighted by molar-refractivity contribution is -0.155. The van der Waals surface area contributed by atoms with Gasteiger partial charge in [-0.15, -0.1) is 0 Å². The van der Waals surface area contributed by atoms with Crippen LogP contribution in [0.15, 0.2) is 42.5 Å². The van der Waals surface area contributed by atoms with Gasteiger partial charge in [0.1, 0.15) is 5.75 Å². The summed E-state index contributed by atoms with van der Waals surface area (Å²) in [5.74, 6) is -5.59. The Morgan fingerprint density at radius 3 is 2.30 bits per heavy atom. The summed E-state index contributed by atoms with van der Waals surface area (Å²) in [5, 5.41) is 19.6. The van der Waals surface area contributed by atoms with Gasteiger partial charge in [0.25, 0.3) is 0 Å². The summed E-state index contributed by atoms with van der Waals surface area (Å²) in [6, 6.07) is 12.5. The number of fused-ring (bicyclic) bond motifs is 1. The second kappa shape index (κ2) is 6.91. The Morgan fingerprint density at radius 1 is 1.00 bits per heavy atom. The molecule has 2 N–H and O–H groups in total. The number of carboxylic acids is 2. The van der Waals surface area contributed by atoms with Crippen molar-refractivity contribution in [3.05, 3.63) is 42.5 Å². The minimum atomic E-state index is -1.34. The van der Waals surface area contributed by atoms with Gasteiger partial charge < -0.3 is 14.9 Å². The van der Waals surface area contributed by atoms with Gasteiger partial charge in [0, 0.05) is 5.39 Å². The van der Waals surface area contributed by atoms with E-state index in [2.05, 4.69) is 0 Å². The standard InChI is InChI=1S/C17H16O6/c1-10(16(19)20)13(17(21)22)9-15(18)23-14-8-4-6-11-5-2-3-7-12(11)14/h2-8,10,13H,9H2,1H3,(H,19,20)(H,21,22). The number of carbonyl (C=O) groups is 3. The summed E-state index contributed by atoms with van der Waals surface area (Å²) >= 11 is 0. The van der Waals surface area contributed by atoms with Gasteiger partial charge in [-0.05, 0) is 11.5 Å². The van der Waals surface area contributed by atoms with Crippen molar-refractivity contribution in [1.29, 1.82) is 0 Å². The van der Waals surface area contributed by atoms with E-state index in [-0.39, 0.29) is 0 Å². The van der Waals surface area contributed by atoms with Crippen LogP contribution in [0.4, 0.5) is 0 Å².